The fraction of sp³-hybridized carbons (Fsp3) is 0.625. The first-order valence-corrected chi connectivity index (χ1v) is 7.41. The molecule has 0 aliphatic carbocycles. The van der Waals surface area contributed by atoms with Crippen molar-refractivity contribution in [2.45, 2.75) is 65.7 Å². The zero-order valence-electron chi connectivity index (χ0n) is 16.1. The molecule has 0 radical (unpaired) electrons. The van der Waals surface area contributed by atoms with Gasteiger partial charge in [0.15, 0.2) is 0 Å². The Morgan fingerprint density at radius 3 is 1.75 bits per heavy atom. The lowest BCUT2D eigenvalue weighted by Gasteiger charge is -2.27. The second-order valence-corrected chi connectivity index (χ2v) is 7.15. The second-order valence-electron chi connectivity index (χ2n) is 7.15. The number of carbonyl (C=O) groups is 2. The predicted molar refractivity (Wildman–Crippen MR) is 87.6 cm³/mol. The number of rotatable bonds is 2. The highest BCUT2D eigenvalue weighted by Gasteiger charge is 2.34. The molecule has 0 aromatic carbocycles. The second kappa shape index (κ2) is 7.12. The van der Waals surface area contributed by atoms with E-state index in [0.29, 0.717) is 4.90 Å². The van der Waals surface area contributed by atoms with E-state index >= 15 is 0 Å². The fourth-order valence-electron chi connectivity index (χ4n) is 1.48. The van der Waals surface area contributed by atoms with Crippen molar-refractivity contribution < 1.29 is 25.5 Å². The highest BCUT2D eigenvalue weighted by atomic mass is 16.6. The van der Waals surface area contributed by atoms with Crippen LogP contribution in [0.1, 0.15) is 61.5 Å². The van der Waals surface area contributed by atoms with E-state index in [4.69, 9.17) is 10.8 Å². The third kappa shape index (κ3) is 6.11. The van der Waals surface area contributed by atoms with Crippen LogP contribution in [0, 0.1) is 0 Å². The van der Waals surface area contributed by atoms with Crippen LogP contribution in [0.4, 0.5) is 15.5 Å². The number of aliphatic hydroxyl groups is 1. The molecule has 0 saturated heterocycles. The molecule has 1 N–H and O–H groups in total. The number of hydrogen-bond acceptors (Lipinski definition) is 7. The van der Waals surface area contributed by atoms with E-state index in [9.17, 15) is 14.7 Å². The number of aromatic nitrogens is 2. The van der Waals surface area contributed by atoms with Gasteiger partial charge in [-0.05, 0) is 48.5 Å². The Kier molecular flexibility index (Phi) is 5.38. The van der Waals surface area contributed by atoms with Gasteiger partial charge in [-0.1, -0.05) is 0 Å². The maximum atomic E-state index is 12.4. The van der Waals surface area contributed by atoms with Gasteiger partial charge < -0.3 is 14.6 Å². The zero-order valence-corrected chi connectivity index (χ0v) is 15.1. The van der Waals surface area contributed by atoms with E-state index in [1.165, 1.54) is 6.92 Å². The van der Waals surface area contributed by atoms with Gasteiger partial charge >= 0.3 is 12.2 Å². The number of hydrogen-bond donors (Lipinski definition) is 1. The van der Waals surface area contributed by atoms with Crippen LogP contribution >= 0.6 is 0 Å². The molecule has 24 heavy (non-hydrogen) atoms. The molecule has 1 aromatic heterocycles. The molecular weight excluding hydrogens is 314 g/mol. The molecule has 1 heterocycles. The van der Waals surface area contributed by atoms with Crippen molar-refractivity contribution in [2.24, 2.45) is 0 Å². The fourth-order valence-corrected chi connectivity index (χ4v) is 1.48. The minimum absolute atomic E-state index is 0.101. The molecule has 1 rings (SSSR count). The summed E-state index contributed by atoms with van der Waals surface area (Å²) < 4.78 is 17.9. The van der Waals surface area contributed by atoms with Gasteiger partial charge in [0, 0.05) is 18.0 Å². The number of nitrogens with zero attached hydrogens (tertiary/aromatic N) is 3. The maximum absolute atomic E-state index is 12.4. The largest absolute Gasteiger partial charge is 0.443 e. The number of amides is 2. The lowest BCUT2D eigenvalue weighted by atomic mass is 10.2. The third-order valence-corrected chi connectivity index (χ3v) is 2.41. The maximum Gasteiger partial charge on any atom is 0.427 e. The average Bonchev–Trinajstić information content (AvgIpc) is 2.33. The number of imide groups is 1. The van der Waals surface area contributed by atoms with E-state index in [-0.39, 0.29) is 11.5 Å². The topological polar surface area (TPSA) is 102 Å². The lowest BCUT2D eigenvalue weighted by Crippen LogP contribution is -2.44. The summed E-state index contributed by atoms with van der Waals surface area (Å²) in [4.78, 5) is 33.1. The summed E-state index contributed by atoms with van der Waals surface area (Å²) in [5.74, 6) is -0.281. The summed E-state index contributed by atoms with van der Waals surface area (Å²) in [5.41, 5.74) is -1.59. The quantitative estimate of drug-likeness (QED) is 0.882. The van der Waals surface area contributed by atoms with Crippen LogP contribution < -0.4 is 4.90 Å². The molecule has 0 aliphatic rings. The SMILES string of the molecule is [2H]C(C)(O)c1cnc(N(C(=O)OC(C)(C)C)C(=O)OC(C)(C)C)nc1. The van der Waals surface area contributed by atoms with Gasteiger partial charge in [-0.25, -0.2) is 19.6 Å². The van der Waals surface area contributed by atoms with E-state index in [0.717, 1.165) is 12.4 Å². The third-order valence-electron chi connectivity index (χ3n) is 2.41. The van der Waals surface area contributed by atoms with Gasteiger partial charge in [-0.2, -0.15) is 0 Å². The Hall–Kier alpha value is -2.22. The summed E-state index contributed by atoms with van der Waals surface area (Å²) in [6.45, 7) is 11.2. The van der Waals surface area contributed by atoms with Crippen LogP contribution in [0.5, 0.6) is 0 Å². The molecule has 134 valence electrons. The first-order valence-electron chi connectivity index (χ1n) is 7.91. The summed E-state index contributed by atoms with van der Waals surface area (Å²) >= 11 is 0. The highest BCUT2D eigenvalue weighted by Crippen LogP contribution is 2.19. The van der Waals surface area contributed by atoms with Crippen LogP contribution in [0.25, 0.3) is 0 Å². The van der Waals surface area contributed by atoms with Gasteiger partial charge in [-0.3, -0.25) is 0 Å². The van der Waals surface area contributed by atoms with E-state index in [1.54, 1.807) is 41.5 Å². The van der Waals surface area contributed by atoms with Crippen molar-refractivity contribution in [3.8, 4) is 0 Å². The summed E-state index contributed by atoms with van der Waals surface area (Å²) in [6.07, 6.45) is -1.59. The summed E-state index contributed by atoms with van der Waals surface area (Å²) in [6, 6.07) is 0. The molecular formula is C16H25N3O5. The van der Waals surface area contributed by atoms with Crippen LogP contribution in [-0.4, -0.2) is 38.5 Å². The number of anilines is 1. The monoisotopic (exact) mass is 340 g/mol. The standard InChI is InChI=1S/C16H25N3O5/c1-10(20)11-8-17-12(18-9-11)19(13(21)23-15(2,3)4)14(22)24-16(5,6)7/h8-10,20H,1-7H3/i10D. The van der Waals surface area contributed by atoms with Crippen molar-refractivity contribution in [2.75, 3.05) is 4.90 Å². The van der Waals surface area contributed by atoms with Gasteiger partial charge in [0.05, 0.1) is 7.45 Å². The van der Waals surface area contributed by atoms with Gasteiger partial charge in [0.25, 0.3) is 0 Å². The zero-order chi connectivity index (χ0) is 19.6. The molecule has 0 saturated carbocycles. The van der Waals surface area contributed by atoms with Gasteiger partial charge in [0.2, 0.25) is 5.95 Å². The van der Waals surface area contributed by atoms with Crippen molar-refractivity contribution in [1.29, 1.82) is 0 Å². The minimum Gasteiger partial charge on any atom is -0.443 e. The average molecular weight is 340 g/mol. The minimum atomic E-state index is -1.90. The molecule has 2 amide bonds. The van der Waals surface area contributed by atoms with E-state index in [1.807, 2.05) is 0 Å². The Labute approximate surface area is 143 Å². The highest BCUT2D eigenvalue weighted by molar-refractivity contribution is 6.08. The van der Waals surface area contributed by atoms with E-state index < -0.39 is 29.5 Å². The van der Waals surface area contributed by atoms with Crippen LogP contribution in [0.2, 0.25) is 0 Å². The molecule has 1 atom stereocenters. The predicted octanol–water partition coefficient (Wildman–Crippen LogP) is 3.21. The van der Waals surface area contributed by atoms with Crippen molar-refractivity contribution in [1.82, 2.24) is 9.97 Å². The van der Waals surface area contributed by atoms with Crippen LogP contribution in [0.15, 0.2) is 12.4 Å². The van der Waals surface area contributed by atoms with E-state index in [2.05, 4.69) is 9.97 Å². The van der Waals surface area contributed by atoms with Gasteiger partial charge in [0.1, 0.15) is 11.2 Å². The molecule has 1 unspecified atom stereocenters. The Balaban J connectivity index is 3.22. The first kappa shape index (κ1) is 18.1. The Morgan fingerprint density at radius 2 is 1.46 bits per heavy atom. The van der Waals surface area contributed by atoms with Crippen molar-refractivity contribution in [3.05, 3.63) is 18.0 Å². The smallest absolute Gasteiger partial charge is 0.427 e. The summed E-state index contributed by atoms with van der Waals surface area (Å²) in [5, 5.41) is 9.63. The molecule has 0 bridgehead atoms. The number of ether oxygens (including phenoxy) is 2. The van der Waals surface area contributed by atoms with Crippen LogP contribution in [-0.2, 0) is 9.47 Å². The Bertz CT molecular complexity index is 599. The van der Waals surface area contributed by atoms with Gasteiger partial charge in [-0.15, -0.1) is 4.90 Å². The van der Waals surface area contributed by atoms with Crippen molar-refractivity contribution >= 4 is 18.1 Å². The number of carbonyl (C=O) groups excluding carboxylic acids is 2. The Morgan fingerprint density at radius 1 is 1.08 bits per heavy atom. The first-order chi connectivity index (χ1) is 11.1. The molecule has 8 nitrogen and oxygen atoms in total. The molecule has 8 heteroatoms. The van der Waals surface area contributed by atoms with Crippen LogP contribution in [0.3, 0.4) is 0 Å². The molecule has 0 aliphatic heterocycles. The molecule has 1 aromatic rings. The normalized spacial score (nSPS) is 15.1. The summed E-state index contributed by atoms with van der Waals surface area (Å²) in [7, 11) is 0. The molecule has 0 fully saturated rings. The van der Waals surface area contributed by atoms with Crippen molar-refractivity contribution in [3.63, 3.8) is 0 Å². The lowest BCUT2D eigenvalue weighted by molar-refractivity contribution is 0.0427. The molecule has 0 spiro atoms.